The standard InChI is InChI=1S/C19H14Br2FN5O/c1-11-6-13(20)8-26-10-16(23-18(11)26)19(28)24-17-14(21)9-27(25-17)7-12-4-2-3-5-15(12)22/h2-6,8-10H,7H2,1H3,(H,24,25,28). The van der Waals surface area contributed by atoms with Crippen LogP contribution in [0.5, 0.6) is 0 Å². The molecule has 0 saturated heterocycles. The van der Waals surface area contributed by atoms with Crippen molar-refractivity contribution in [3.8, 4) is 0 Å². The molecule has 0 aliphatic carbocycles. The van der Waals surface area contributed by atoms with Crippen LogP contribution in [0.1, 0.15) is 21.6 Å². The minimum absolute atomic E-state index is 0.253. The Balaban J connectivity index is 1.56. The van der Waals surface area contributed by atoms with Crippen LogP contribution < -0.4 is 5.32 Å². The van der Waals surface area contributed by atoms with Gasteiger partial charge in [-0.2, -0.15) is 5.10 Å². The zero-order chi connectivity index (χ0) is 19.8. The maximum atomic E-state index is 13.8. The molecule has 1 amide bonds. The fraction of sp³-hybridized carbons (Fsp3) is 0.105. The van der Waals surface area contributed by atoms with Gasteiger partial charge in [-0.1, -0.05) is 18.2 Å². The number of rotatable bonds is 4. The summed E-state index contributed by atoms with van der Waals surface area (Å²) < 4.78 is 18.7. The quantitative estimate of drug-likeness (QED) is 0.432. The highest BCUT2D eigenvalue weighted by molar-refractivity contribution is 9.10. The number of hydrogen-bond acceptors (Lipinski definition) is 3. The SMILES string of the molecule is Cc1cc(Br)cn2cc(C(=O)Nc3nn(Cc4ccccc4F)cc3Br)nc12. The van der Waals surface area contributed by atoms with Gasteiger partial charge in [0.25, 0.3) is 5.91 Å². The summed E-state index contributed by atoms with van der Waals surface area (Å²) >= 11 is 6.82. The van der Waals surface area contributed by atoms with Gasteiger partial charge in [0.2, 0.25) is 0 Å². The molecule has 0 atom stereocenters. The molecular weight excluding hydrogens is 493 g/mol. The first-order chi connectivity index (χ1) is 13.4. The average molecular weight is 507 g/mol. The number of anilines is 1. The van der Waals surface area contributed by atoms with Gasteiger partial charge in [0, 0.05) is 28.6 Å². The Morgan fingerprint density at radius 1 is 1.21 bits per heavy atom. The van der Waals surface area contributed by atoms with E-state index in [2.05, 4.69) is 47.3 Å². The van der Waals surface area contributed by atoms with Crippen molar-refractivity contribution in [2.45, 2.75) is 13.5 Å². The van der Waals surface area contributed by atoms with E-state index in [0.29, 0.717) is 21.5 Å². The second-order valence-electron chi connectivity index (χ2n) is 6.27. The van der Waals surface area contributed by atoms with Crippen LogP contribution in [-0.2, 0) is 6.54 Å². The molecule has 0 saturated carbocycles. The second kappa shape index (κ2) is 7.48. The zero-order valence-corrected chi connectivity index (χ0v) is 17.8. The first kappa shape index (κ1) is 18.8. The number of carbonyl (C=O) groups excluding carboxylic acids is 1. The van der Waals surface area contributed by atoms with Crippen LogP contribution in [0.3, 0.4) is 0 Å². The molecule has 6 nitrogen and oxygen atoms in total. The maximum Gasteiger partial charge on any atom is 0.277 e. The minimum Gasteiger partial charge on any atom is -0.305 e. The van der Waals surface area contributed by atoms with Crippen molar-refractivity contribution in [3.63, 3.8) is 0 Å². The summed E-state index contributed by atoms with van der Waals surface area (Å²) in [5, 5.41) is 7.07. The Bertz CT molecular complexity index is 1200. The van der Waals surface area contributed by atoms with Crippen molar-refractivity contribution in [3.05, 3.63) is 80.5 Å². The normalized spacial score (nSPS) is 11.1. The molecule has 0 bridgehead atoms. The molecule has 9 heteroatoms. The van der Waals surface area contributed by atoms with Gasteiger partial charge in [0.15, 0.2) is 5.82 Å². The number of aryl methyl sites for hydroxylation is 1. The number of carbonyl (C=O) groups is 1. The minimum atomic E-state index is -0.379. The molecular formula is C19H14Br2FN5O. The monoisotopic (exact) mass is 505 g/mol. The third-order valence-electron chi connectivity index (χ3n) is 4.17. The Morgan fingerprint density at radius 3 is 2.79 bits per heavy atom. The molecule has 1 aromatic carbocycles. The first-order valence-electron chi connectivity index (χ1n) is 8.33. The third kappa shape index (κ3) is 3.72. The molecule has 1 N–H and O–H groups in total. The number of nitrogens with zero attached hydrogens (tertiary/aromatic N) is 4. The average Bonchev–Trinajstić information content (AvgIpc) is 3.21. The number of benzene rings is 1. The van der Waals surface area contributed by atoms with Crippen molar-refractivity contribution in [1.82, 2.24) is 19.2 Å². The number of hydrogen-bond donors (Lipinski definition) is 1. The predicted octanol–water partition coefficient (Wildman–Crippen LogP) is 4.80. The molecule has 3 heterocycles. The number of amides is 1. The van der Waals surface area contributed by atoms with Crippen molar-refractivity contribution >= 4 is 49.2 Å². The topological polar surface area (TPSA) is 64.2 Å². The fourth-order valence-corrected chi connectivity index (χ4v) is 3.85. The fourth-order valence-electron chi connectivity index (χ4n) is 2.87. The van der Waals surface area contributed by atoms with Crippen LogP contribution in [-0.4, -0.2) is 25.1 Å². The van der Waals surface area contributed by atoms with E-state index in [9.17, 15) is 9.18 Å². The summed E-state index contributed by atoms with van der Waals surface area (Å²) in [5.74, 6) is -0.335. The Hall–Kier alpha value is -2.52. The van der Waals surface area contributed by atoms with E-state index < -0.39 is 0 Å². The van der Waals surface area contributed by atoms with E-state index in [1.807, 2.05) is 19.2 Å². The molecule has 0 unspecified atom stereocenters. The lowest BCUT2D eigenvalue weighted by molar-refractivity contribution is 0.102. The van der Waals surface area contributed by atoms with Gasteiger partial charge >= 0.3 is 0 Å². The maximum absolute atomic E-state index is 13.8. The van der Waals surface area contributed by atoms with E-state index in [1.165, 1.54) is 6.07 Å². The number of imidazole rings is 1. The molecule has 3 aromatic heterocycles. The lowest BCUT2D eigenvalue weighted by Crippen LogP contribution is -2.13. The van der Waals surface area contributed by atoms with E-state index in [0.717, 1.165) is 10.0 Å². The molecule has 28 heavy (non-hydrogen) atoms. The Labute approximate surface area is 176 Å². The predicted molar refractivity (Wildman–Crippen MR) is 111 cm³/mol. The van der Waals surface area contributed by atoms with Crippen molar-refractivity contribution in [2.75, 3.05) is 5.32 Å². The summed E-state index contributed by atoms with van der Waals surface area (Å²) in [4.78, 5) is 17.0. The third-order valence-corrected chi connectivity index (χ3v) is 5.19. The van der Waals surface area contributed by atoms with Gasteiger partial charge in [-0.3, -0.25) is 9.48 Å². The van der Waals surface area contributed by atoms with E-state index in [4.69, 9.17) is 0 Å². The van der Waals surface area contributed by atoms with Gasteiger partial charge in [-0.25, -0.2) is 9.37 Å². The van der Waals surface area contributed by atoms with Gasteiger partial charge in [-0.05, 0) is 56.5 Å². The van der Waals surface area contributed by atoms with Gasteiger partial charge in [0.1, 0.15) is 17.2 Å². The summed E-state index contributed by atoms with van der Waals surface area (Å²) in [6.07, 6.45) is 5.19. The van der Waals surface area contributed by atoms with Gasteiger partial charge < -0.3 is 9.72 Å². The summed E-state index contributed by atoms with van der Waals surface area (Å²) in [6, 6.07) is 8.44. The van der Waals surface area contributed by atoms with Gasteiger partial charge in [-0.15, -0.1) is 0 Å². The number of pyridine rings is 1. The molecule has 142 valence electrons. The molecule has 4 aromatic rings. The van der Waals surface area contributed by atoms with E-state index in [1.54, 1.807) is 39.7 Å². The number of halogens is 3. The molecule has 0 fully saturated rings. The zero-order valence-electron chi connectivity index (χ0n) is 14.7. The molecule has 4 rings (SSSR count). The molecule has 0 spiro atoms. The smallest absolute Gasteiger partial charge is 0.277 e. The number of fused-ring (bicyclic) bond motifs is 1. The number of nitrogens with one attached hydrogen (secondary N) is 1. The first-order valence-corrected chi connectivity index (χ1v) is 9.92. The van der Waals surface area contributed by atoms with Crippen molar-refractivity contribution in [2.24, 2.45) is 0 Å². The van der Waals surface area contributed by atoms with Crippen LogP contribution in [0.4, 0.5) is 10.2 Å². The van der Waals surface area contributed by atoms with Crippen LogP contribution >= 0.6 is 31.9 Å². The highest BCUT2D eigenvalue weighted by Crippen LogP contribution is 2.23. The number of aromatic nitrogens is 4. The summed E-state index contributed by atoms with van der Waals surface area (Å²) in [5.41, 5.74) is 2.44. The van der Waals surface area contributed by atoms with Gasteiger partial charge in [0.05, 0.1) is 11.0 Å². The largest absolute Gasteiger partial charge is 0.305 e. The second-order valence-corrected chi connectivity index (χ2v) is 8.04. The molecule has 0 aliphatic heterocycles. The summed E-state index contributed by atoms with van der Waals surface area (Å²) in [6.45, 7) is 2.18. The lowest BCUT2D eigenvalue weighted by atomic mass is 10.2. The molecule has 0 radical (unpaired) electrons. The Morgan fingerprint density at radius 2 is 2.00 bits per heavy atom. The Kier molecular flexibility index (Phi) is 5.03. The van der Waals surface area contributed by atoms with Crippen LogP contribution in [0.2, 0.25) is 0 Å². The molecule has 0 aliphatic rings. The highest BCUT2D eigenvalue weighted by Gasteiger charge is 2.16. The van der Waals surface area contributed by atoms with Crippen molar-refractivity contribution < 1.29 is 9.18 Å². The van der Waals surface area contributed by atoms with E-state index >= 15 is 0 Å². The lowest BCUT2D eigenvalue weighted by Gasteiger charge is -2.03. The van der Waals surface area contributed by atoms with Crippen LogP contribution in [0, 0.1) is 12.7 Å². The summed E-state index contributed by atoms with van der Waals surface area (Å²) in [7, 11) is 0. The highest BCUT2D eigenvalue weighted by atomic mass is 79.9. The van der Waals surface area contributed by atoms with Crippen LogP contribution in [0.15, 0.2) is 57.9 Å². The van der Waals surface area contributed by atoms with Crippen LogP contribution in [0.25, 0.3) is 5.65 Å². The van der Waals surface area contributed by atoms with E-state index in [-0.39, 0.29) is 24.0 Å². The van der Waals surface area contributed by atoms with Crippen molar-refractivity contribution in [1.29, 1.82) is 0 Å².